The van der Waals surface area contributed by atoms with E-state index in [1.54, 1.807) is 0 Å². The summed E-state index contributed by atoms with van der Waals surface area (Å²) in [5.74, 6) is -2.51. The normalized spacial score (nSPS) is 11.0. The van der Waals surface area contributed by atoms with Gasteiger partial charge in [0, 0.05) is 12.1 Å². The number of sulfone groups is 1. The second-order valence-corrected chi connectivity index (χ2v) is 4.89. The molecular formula is C8H7NO6S. The van der Waals surface area contributed by atoms with Gasteiger partial charge in [0.1, 0.15) is 0 Å². The average molecular weight is 245 g/mol. The Hall–Kier alpha value is -1.96. The van der Waals surface area contributed by atoms with Crippen molar-refractivity contribution in [3.63, 3.8) is 0 Å². The third kappa shape index (κ3) is 2.76. The summed E-state index contributed by atoms with van der Waals surface area (Å²) in [5.41, 5.74) is -0.255. The molecule has 1 aromatic rings. The number of aliphatic carboxylic acids is 1. The lowest BCUT2D eigenvalue weighted by Gasteiger charge is -2.00. The van der Waals surface area contributed by atoms with Gasteiger partial charge in [-0.05, 0) is 12.1 Å². The van der Waals surface area contributed by atoms with Gasteiger partial charge in [0.2, 0.25) is 0 Å². The lowest BCUT2D eigenvalue weighted by Crippen LogP contribution is -2.15. The van der Waals surface area contributed by atoms with Crippen molar-refractivity contribution in [3.8, 4) is 0 Å². The highest BCUT2D eigenvalue weighted by Gasteiger charge is 2.19. The van der Waals surface area contributed by atoms with Crippen molar-refractivity contribution in [2.45, 2.75) is 4.90 Å². The fourth-order valence-corrected chi connectivity index (χ4v) is 2.06. The van der Waals surface area contributed by atoms with Crippen LogP contribution < -0.4 is 0 Å². The van der Waals surface area contributed by atoms with Gasteiger partial charge in [0.05, 0.1) is 9.82 Å². The number of rotatable bonds is 4. The lowest BCUT2D eigenvalue weighted by atomic mass is 10.3. The van der Waals surface area contributed by atoms with Crippen LogP contribution in [0.3, 0.4) is 0 Å². The van der Waals surface area contributed by atoms with Crippen LogP contribution in [0.15, 0.2) is 29.2 Å². The molecule has 8 heteroatoms. The number of carboxylic acids is 1. The molecule has 0 radical (unpaired) electrons. The Morgan fingerprint density at radius 1 is 1.31 bits per heavy atom. The van der Waals surface area contributed by atoms with Crippen LogP contribution in [0.25, 0.3) is 0 Å². The monoisotopic (exact) mass is 245 g/mol. The zero-order valence-electron chi connectivity index (χ0n) is 7.86. The largest absolute Gasteiger partial charge is 0.480 e. The molecule has 0 saturated heterocycles. The van der Waals surface area contributed by atoms with Crippen LogP contribution in [0, 0.1) is 10.1 Å². The summed E-state index contributed by atoms with van der Waals surface area (Å²) >= 11 is 0. The van der Waals surface area contributed by atoms with E-state index in [2.05, 4.69) is 0 Å². The molecule has 7 nitrogen and oxygen atoms in total. The van der Waals surface area contributed by atoms with Crippen LogP contribution in [0.4, 0.5) is 5.69 Å². The molecule has 0 atom stereocenters. The zero-order valence-corrected chi connectivity index (χ0v) is 8.68. The summed E-state index contributed by atoms with van der Waals surface area (Å²) in [4.78, 5) is 19.7. The van der Waals surface area contributed by atoms with E-state index in [1.165, 1.54) is 0 Å². The standard InChI is InChI=1S/C8H7NO6S/c10-8(11)5-16(14,15)7-3-1-6(2-4-7)9(12)13/h1-4H,5H2,(H,10,11). The van der Waals surface area contributed by atoms with Crippen molar-refractivity contribution in [3.05, 3.63) is 34.4 Å². The maximum absolute atomic E-state index is 11.4. The molecule has 0 unspecified atom stereocenters. The van der Waals surface area contributed by atoms with Crippen molar-refractivity contribution in [2.75, 3.05) is 5.75 Å². The van der Waals surface area contributed by atoms with Crippen molar-refractivity contribution in [1.82, 2.24) is 0 Å². The van der Waals surface area contributed by atoms with Crippen LogP contribution in [0.2, 0.25) is 0 Å². The Bertz CT molecular complexity index is 518. The predicted molar refractivity (Wildman–Crippen MR) is 52.8 cm³/mol. The van der Waals surface area contributed by atoms with Crippen LogP contribution in [-0.4, -0.2) is 30.2 Å². The van der Waals surface area contributed by atoms with Gasteiger partial charge in [0.15, 0.2) is 15.6 Å². The van der Waals surface area contributed by atoms with Gasteiger partial charge < -0.3 is 5.11 Å². The van der Waals surface area contributed by atoms with Crippen molar-refractivity contribution in [2.24, 2.45) is 0 Å². The molecule has 0 amide bonds. The molecule has 1 aromatic carbocycles. The molecule has 1 rings (SSSR count). The molecule has 0 bridgehead atoms. The van der Waals surface area contributed by atoms with Gasteiger partial charge in [-0.3, -0.25) is 14.9 Å². The van der Waals surface area contributed by atoms with Gasteiger partial charge in [-0.1, -0.05) is 0 Å². The molecule has 0 aliphatic heterocycles. The lowest BCUT2D eigenvalue weighted by molar-refractivity contribution is -0.384. The maximum atomic E-state index is 11.4. The number of carbonyl (C=O) groups is 1. The molecule has 0 spiro atoms. The first-order chi connectivity index (χ1) is 7.33. The molecule has 0 aromatic heterocycles. The number of hydrogen-bond donors (Lipinski definition) is 1. The minimum atomic E-state index is -3.92. The number of non-ortho nitro benzene ring substituents is 1. The van der Waals surface area contributed by atoms with Crippen LogP contribution in [0.5, 0.6) is 0 Å². The third-order valence-corrected chi connectivity index (χ3v) is 3.34. The van der Waals surface area contributed by atoms with Gasteiger partial charge in [-0.25, -0.2) is 8.42 Å². The molecule has 1 N–H and O–H groups in total. The smallest absolute Gasteiger partial charge is 0.319 e. The summed E-state index contributed by atoms with van der Waals surface area (Å²) in [6, 6.07) is 4.04. The molecule has 0 aliphatic carbocycles. The first-order valence-corrected chi connectivity index (χ1v) is 5.67. The summed E-state index contributed by atoms with van der Waals surface area (Å²) in [6.07, 6.45) is 0. The Morgan fingerprint density at radius 3 is 2.19 bits per heavy atom. The van der Waals surface area contributed by atoms with E-state index in [1.807, 2.05) is 0 Å². The highest BCUT2D eigenvalue weighted by molar-refractivity contribution is 7.92. The number of nitro groups is 1. The van der Waals surface area contributed by atoms with E-state index >= 15 is 0 Å². The van der Waals surface area contributed by atoms with E-state index in [9.17, 15) is 23.3 Å². The minimum absolute atomic E-state index is 0.250. The number of nitro benzene ring substituents is 1. The van der Waals surface area contributed by atoms with Gasteiger partial charge in [0.25, 0.3) is 5.69 Å². The number of hydrogen-bond acceptors (Lipinski definition) is 5. The van der Waals surface area contributed by atoms with Gasteiger partial charge in [-0.15, -0.1) is 0 Å². The Kier molecular flexibility index (Phi) is 3.23. The fourth-order valence-electron chi connectivity index (χ4n) is 1.02. The van der Waals surface area contributed by atoms with Crippen molar-refractivity contribution >= 4 is 21.5 Å². The van der Waals surface area contributed by atoms with Crippen molar-refractivity contribution < 1.29 is 23.2 Å². The van der Waals surface area contributed by atoms with Crippen LogP contribution >= 0.6 is 0 Å². The molecule has 0 aliphatic rings. The van der Waals surface area contributed by atoms with Gasteiger partial charge >= 0.3 is 5.97 Å². The Morgan fingerprint density at radius 2 is 1.81 bits per heavy atom. The molecule has 86 valence electrons. The fraction of sp³-hybridized carbons (Fsp3) is 0.125. The summed E-state index contributed by atoms with van der Waals surface area (Å²) in [5, 5.41) is 18.7. The molecule has 0 saturated carbocycles. The average Bonchev–Trinajstić information content (AvgIpc) is 2.16. The molecule has 0 fully saturated rings. The molecule has 0 heterocycles. The highest BCUT2D eigenvalue weighted by Crippen LogP contribution is 2.16. The van der Waals surface area contributed by atoms with E-state index in [-0.39, 0.29) is 10.6 Å². The first-order valence-electron chi connectivity index (χ1n) is 4.02. The highest BCUT2D eigenvalue weighted by atomic mass is 32.2. The summed E-state index contributed by atoms with van der Waals surface area (Å²) in [6.45, 7) is 0. The second-order valence-electron chi connectivity index (χ2n) is 2.90. The third-order valence-electron chi connectivity index (χ3n) is 1.72. The molecule has 16 heavy (non-hydrogen) atoms. The van der Waals surface area contributed by atoms with E-state index in [4.69, 9.17) is 5.11 Å². The topological polar surface area (TPSA) is 115 Å². The number of carboxylic acid groups (broad SMARTS) is 1. The second kappa shape index (κ2) is 4.27. The summed E-state index contributed by atoms with van der Waals surface area (Å²) < 4.78 is 22.7. The van der Waals surface area contributed by atoms with Crippen LogP contribution in [-0.2, 0) is 14.6 Å². The van der Waals surface area contributed by atoms with Gasteiger partial charge in [-0.2, -0.15) is 0 Å². The Labute approximate surface area is 90.4 Å². The maximum Gasteiger partial charge on any atom is 0.319 e. The van der Waals surface area contributed by atoms with Crippen molar-refractivity contribution in [1.29, 1.82) is 0 Å². The number of nitrogens with zero attached hydrogens (tertiary/aromatic N) is 1. The van der Waals surface area contributed by atoms with E-state index in [0.717, 1.165) is 24.3 Å². The van der Waals surface area contributed by atoms with E-state index in [0.29, 0.717) is 0 Å². The quantitative estimate of drug-likeness (QED) is 0.608. The first kappa shape index (κ1) is 12.1. The minimum Gasteiger partial charge on any atom is -0.480 e. The number of benzene rings is 1. The Balaban J connectivity index is 3.07. The zero-order chi connectivity index (χ0) is 12.3. The predicted octanol–water partition coefficient (Wildman–Crippen LogP) is 0.453. The molecular weight excluding hydrogens is 238 g/mol. The SMILES string of the molecule is O=C(O)CS(=O)(=O)c1ccc([N+](=O)[O-])cc1. The van der Waals surface area contributed by atoms with Crippen LogP contribution in [0.1, 0.15) is 0 Å². The van der Waals surface area contributed by atoms with E-state index < -0.39 is 26.5 Å². The summed E-state index contributed by atoms with van der Waals surface area (Å²) in [7, 11) is -3.92.